The highest BCUT2D eigenvalue weighted by Gasteiger charge is 2.21. The van der Waals surface area contributed by atoms with Gasteiger partial charge in [-0.15, -0.1) is 0 Å². The molecule has 1 unspecified atom stereocenters. The molecule has 0 aliphatic carbocycles. The summed E-state index contributed by atoms with van der Waals surface area (Å²) in [6.45, 7) is 6.47. The van der Waals surface area contributed by atoms with Gasteiger partial charge < -0.3 is 10.3 Å². The SMILES string of the molecule is CCC(CC)C(C)n1c(N)nc2cc(I)c(F)cc21. The van der Waals surface area contributed by atoms with Crippen molar-refractivity contribution in [1.82, 2.24) is 9.55 Å². The second-order valence-electron chi connectivity index (χ2n) is 4.91. The lowest BCUT2D eigenvalue weighted by atomic mass is 9.95. The molecule has 0 bridgehead atoms. The molecular formula is C14H19FIN3. The minimum absolute atomic E-state index is 0.217. The summed E-state index contributed by atoms with van der Waals surface area (Å²) in [4.78, 5) is 4.36. The Bertz CT molecular complexity index is 590. The predicted octanol–water partition coefficient (Wildman–Crippen LogP) is 4.36. The third kappa shape index (κ3) is 2.57. The number of halogens is 2. The van der Waals surface area contributed by atoms with Gasteiger partial charge in [0.1, 0.15) is 5.82 Å². The van der Waals surface area contributed by atoms with Crippen molar-refractivity contribution in [2.24, 2.45) is 5.92 Å². The summed E-state index contributed by atoms with van der Waals surface area (Å²) in [5.41, 5.74) is 7.58. The first kappa shape index (κ1) is 14.6. The predicted molar refractivity (Wildman–Crippen MR) is 85.6 cm³/mol. The van der Waals surface area contributed by atoms with E-state index < -0.39 is 0 Å². The molecule has 0 aliphatic heterocycles. The molecule has 104 valence electrons. The fraction of sp³-hybridized carbons (Fsp3) is 0.500. The number of benzene rings is 1. The molecule has 5 heteroatoms. The number of nitrogens with zero attached hydrogens (tertiary/aromatic N) is 2. The Labute approximate surface area is 126 Å². The highest BCUT2D eigenvalue weighted by molar-refractivity contribution is 14.1. The average Bonchev–Trinajstić information content (AvgIpc) is 2.66. The van der Waals surface area contributed by atoms with Gasteiger partial charge in [-0.05, 0) is 41.5 Å². The van der Waals surface area contributed by atoms with Crippen LogP contribution < -0.4 is 5.73 Å². The number of fused-ring (bicyclic) bond motifs is 1. The fourth-order valence-electron chi connectivity index (χ4n) is 2.72. The van der Waals surface area contributed by atoms with Gasteiger partial charge in [-0.1, -0.05) is 26.7 Å². The third-order valence-electron chi connectivity index (χ3n) is 3.90. The molecule has 1 heterocycles. The highest BCUT2D eigenvalue weighted by atomic mass is 127. The molecule has 1 aromatic carbocycles. The van der Waals surface area contributed by atoms with Gasteiger partial charge in [-0.3, -0.25) is 0 Å². The topological polar surface area (TPSA) is 43.8 Å². The summed E-state index contributed by atoms with van der Waals surface area (Å²) < 4.78 is 16.3. The van der Waals surface area contributed by atoms with E-state index in [0.717, 1.165) is 23.9 Å². The van der Waals surface area contributed by atoms with E-state index in [1.165, 1.54) is 0 Å². The van der Waals surface area contributed by atoms with Crippen LogP contribution in [0.3, 0.4) is 0 Å². The quantitative estimate of drug-likeness (QED) is 0.807. The summed E-state index contributed by atoms with van der Waals surface area (Å²) in [5.74, 6) is 0.767. The molecule has 1 atom stereocenters. The fourth-order valence-corrected chi connectivity index (χ4v) is 3.17. The zero-order chi connectivity index (χ0) is 14.2. The summed E-state index contributed by atoms with van der Waals surface area (Å²) in [6.07, 6.45) is 2.15. The van der Waals surface area contributed by atoms with Crippen LogP contribution in [0.4, 0.5) is 10.3 Å². The molecule has 1 aromatic heterocycles. The van der Waals surface area contributed by atoms with Gasteiger partial charge in [0.05, 0.1) is 14.6 Å². The molecule has 0 radical (unpaired) electrons. The summed E-state index contributed by atoms with van der Waals surface area (Å²) in [6, 6.07) is 3.51. The second-order valence-corrected chi connectivity index (χ2v) is 6.07. The molecule has 3 nitrogen and oxygen atoms in total. The maximum Gasteiger partial charge on any atom is 0.201 e. The molecule has 2 N–H and O–H groups in total. The van der Waals surface area contributed by atoms with E-state index >= 15 is 0 Å². The van der Waals surface area contributed by atoms with Gasteiger partial charge in [-0.25, -0.2) is 9.37 Å². The van der Waals surface area contributed by atoms with Crippen molar-refractivity contribution < 1.29 is 4.39 Å². The van der Waals surface area contributed by atoms with E-state index in [2.05, 4.69) is 25.8 Å². The molecular weight excluding hydrogens is 356 g/mol. The van der Waals surface area contributed by atoms with Crippen molar-refractivity contribution in [3.8, 4) is 0 Å². The number of aromatic nitrogens is 2. The van der Waals surface area contributed by atoms with Gasteiger partial charge in [0, 0.05) is 12.1 Å². The van der Waals surface area contributed by atoms with E-state index in [-0.39, 0.29) is 11.9 Å². The number of nitrogens with two attached hydrogens (primary N) is 1. The Morgan fingerprint density at radius 1 is 1.37 bits per heavy atom. The van der Waals surface area contributed by atoms with E-state index in [0.29, 0.717) is 15.4 Å². The van der Waals surface area contributed by atoms with Crippen LogP contribution in [0, 0.1) is 15.3 Å². The largest absolute Gasteiger partial charge is 0.369 e. The van der Waals surface area contributed by atoms with Crippen LogP contribution in [0.15, 0.2) is 12.1 Å². The van der Waals surface area contributed by atoms with Gasteiger partial charge in [0.15, 0.2) is 0 Å². The third-order valence-corrected chi connectivity index (χ3v) is 4.72. The molecule has 19 heavy (non-hydrogen) atoms. The Kier molecular flexibility index (Phi) is 4.32. The van der Waals surface area contributed by atoms with Crippen LogP contribution in [0.1, 0.15) is 39.7 Å². The number of rotatable bonds is 4. The van der Waals surface area contributed by atoms with Crippen LogP contribution in [-0.2, 0) is 0 Å². The minimum atomic E-state index is -0.217. The first-order valence-corrected chi connectivity index (χ1v) is 7.69. The van der Waals surface area contributed by atoms with E-state index in [1.807, 2.05) is 27.2 Å². The maximum absolute atomic E-state index is 13.8. The first-order chi connectivity index (χ1) is 8.99. The van der Waals surface area contributed by atoms with Crippen molar-refractivity contribution in [2.75, 3.05) is 5.73 Å². The van der Waals surface area contributed by atoms with Crippen molar-refractivity contribution >= 4 is 39.6 Å². The van der Waals surface area contributed by atoms with E-state index in [1.54, 1.807) is 12.1 Å². The molecule has 2 aromatic rings. The maximum atomic E-state index is 13.8. The summed E-state index contributed by atoms with van der Waals surface area (Å²) in [7, 11) is 0. The molecule has 0 saturated carbocycles. The lowest BCUT2D eigenvalue weighted by Crippen LogP contribution is -2.17. The molecule has 0 amide bonds. The van der Waals surface area contributed by atoms with Gasteiger partial charge in [-0.2, -0.15) is 0 Å². The van der Waals surface area contributed by atoms with Crippen molar-refractivity contribution in [2.45, 2.75) is 39.7 Å². The zero-order valence-corrected chi connectivity index (χ0v) is 13.6. The van der Waals surface area contributed by atoms with Crippen LogP contribution in [0.25, 0.3) is 11.0 Å². The number of hydrogen-bond donors (Lipinski definition) is 1. The Balaban J connectivity index is 2.59. The standard InChI is InChI=1S/C14H19FIN3/c1-4-9(5-2)8(3)19-13-6-10(15)11(16)7-12(13)18-14(19)17/h6-9H,4-5H2,1-3H3,(H2,17,18). The second kappa shape index (κ2) is 5.64. The zero-order valence-electron chi connectivity index (χ0n) is 11.5. The Morgan fingerprint density at radius 2 is 2.00 bits per heavy atom. The summed E-state index contributed by atoms with van der Waals surface area (Å²) in [5, 5.41) is 0. The normalized spacial score (nSPS) is 13.4. The van der Waals surface area contributed by atoms with Crippen molar-refractivity contribution in [3.05, 3.63) is 21.5 Å². The number of imidazole rings is 1. The number of anilines is 1. The Hall–Kier alpha value is -0.850. The van der Waals surface area contributed by atoms with Crippen molar-refractivity contribution in [3.63, 3.8) is 0 Å². The molecule has 0 spiro atoms. The molecule has 0 aliphatic rings. The van der Waals surface area contributed by atoms with Crippen LogP contribution in [0.5, 0.6) is 0 Å². The number of nitrogen functional groups attached to an aromatic ring is 1. The minimum Gasteiger partial charge on any atom is -0.369 e. The van der Waals surface area contributed by atoms with E-state index in [9.17, 15) is 4.39 Å². The monoisotopic (exact) mass is 375 g/mol. The lowest BCUT2D eigenvalue weighted by molar-refractivity contribution is 0.342. The van der Waals surface area contributed by atoms with Crippen LogP contribution in [0.2, 0.25) is 0 Å². The van der Waals surface area contributed by atoms with Gasteiger partial charge in [0.2, 0.25) is 5.95 Å². The van der Waals surface area contributed by atoms with Crippen LogP contribution >= 0.6 is 22.6 Å². The smallest absolute Gasteiger partial charge is 0.201 e. The molecule has 2 rings (SSSR count). The van der Waals surface area contributed by atoms with Gasteiger partial charge >= 0.3 is 0 Å². The van der Waals surface area contributed by atoms with Crippen LogP contribution in [-0.4, -0.2) is 9.55 Å². The van der Waals surface area contributed by atoms with Gasteiger partial charge in [0.25, 0.3) is 0 Å². The molecule has 0 saturated heterocycles. The average molecular weight is 375 g/mol. The van der Waals surface area contributed by atoms with Crippen molar-refractivity contribution in [1.29, 1.82) is 0 Å². The molecule has 0 fully saturated rings. The lowest BCUT2D eigenvalue weighted by Gasteiger charge is -2.24. The Morgan fingerprint density at radius 3 is 2.58 bits per heavy atom. The summed E-state index contributed by atoms with van der Waals surface area (Å²) >= 11 is 1.97. The first-order valence-electron chi connectivity index (χ1n) is 6.62. The highest BCUT2D eigenvalue weighted by Crippen LogP contribution is 2.31. The van der Waals surface area contributed by atoms with E-state index in [4.69, 9.17) is 5.73 Å². The number of hydrogen-bond acceptors (Lipinski definition) is 2.